The van der Waals surface area contributed by atoms with Gasteiger partial charge < -0.3 is 5.11 Å². The van der Waals surface area contributed by atoms with Crippen molar-refractivity contribution >= 4 is 0 Å². The molecule has 106 valence electrons. The van der Waals surface area contributed by atoms with Crippen LogP contribution in [-0.4, -0.2) is 47.1 Å². The first-order valence-corrected chi connectivity index (χ1v) is 6.75. The first kappa shape index (κ1) is 14.3. The number of halogens is 1. The predicted octanol–water partition coefficient (Wildman–Crippen LogP) is 2.62. The standard InChI is InChI=1S/C15H23FN2O/c1-11(13-9-12(16)5-6-14(13)19)18-8-7-17(4)15(2,3)10-18/h5-6,9,11,19H,7-8,10H2,1-4H3. The van der Waals surface area contributed by atoms with Crippen molar-refractivity contribution in [2.75, 3.05) is 26.7 Å². The number of rotatable bonds is 2. The molecule has 1 unspecified atom stereocenters. The number of hydrogen-bond acceptors (Lipinski definition) is 3. The van der Waals surface area contributed by atoms with E-state index in [2.05, 4.69) is 30.7 Å². The molecule has 1 atom stereocenters. The third kappa shape index (κ3) is 2.90. The minimum atomic E-state index is -0.298. The predicted molar refractivity (Wildman–Crippen MR) is 74.8 cm³/mol. The zero-order valence-corrected chi connectivity index (χ0v) is 12.2. The number of phenols is 1. The minimum absolute atomic E-state index is 0.0173. The van der Waals surface area contributed by atoms with E-state index in [0.717, 1.165) is 19.6 Å². The third-order valence-corrected chi connectivity index (χ3v) is 4.33. The Balaban J connectivity index is 2.20. The molecule has 0 bridgehead atoms. The summed E-state index contributed by atoms with van der Waals surface area (Å²) in [6, 6.07) is 4.18. The maximum absolute atomic E-state index is 13.4. The molecule has 4 heteroatoms. The van der Waals surface area contributed by atoms with Gasteiger partial charge in [0.1, 0.15) is 11.6 Å². The van der Waals surface area contributed by atoms with Crippen molar-refractivity contribution in [3.63, 3.8) is 0 Å². The first-order chi connectivity index (χ1) is 8.81. The van der Waals surface area contributed by atoms with Crippen LogP contribution in [0.25, 0.3) is 0 Å². The summed E-state index contributed by atoms with van der Waals surface area (Å²) in [5.74, 6) is -0.126. The molecule has 0 aromatic heterocycles. The number of hydrogen-bond donors (Lipinski definition) is 1. The Morgan fingerprint density at radius 3 is 2.63 bits per heavy atom. The zero-order chi connectivity index (χ0) is 14.2. The highest BCUT2D eigenvalue weighted by Gasteiger charge is 2.33. The summed E-state index contributed by atoms with van der Waals surface area (Å²) in [5.41, 5.74) is 0.760. The number of benzene rings is 1. The summed E-state index contributed by atoms with van der Waals surface area (Å²) in [6.07, 6.45) is 0. The van der Waals surface area contributed by atoms with Crippen LogP contribution < -0.4 is 0 Å². The Labute approximate surface area is 114 Å². The molecule has 0 radical (unpaired) electrons. The molecule has 1 fully saturated rings. The Bertz CT molecular complexity index is 461. The van der Waals surface area contributed by atoms with Crippen molar-refractivity contribution in [2.24, 2.45) is 0 Å². The van der Waals surface area contributed by atoms with Crippen molar-refractivity contribution in [1.82, 2.24) is 9.80 Å². The fourth-order valence-corrected chi connectivity index (χ4v) is 2.67. The number of likely N-dealkylation sites (N-methyl/N-ethyl adjacent to an activating group) is 1. The van der Waals surface area contributed by atoms with Crippen LogP contribution in [0.2, 0.25) is 0 Å². The van der Waals surface area contributed by atoms with E-state index in [1.54, 1.807) is 0 Å². The van der Waals surface area contributed by atoms with Crippen LogP contribution in [0.3, 0.4) is 0 Å². The van der Waals surface area contributed by atoms with Gasteiger partial charge in [0, 0.05) is 36.8 Å². The van der Waals surface area contributed by atoms with Crippen LogP contribution in [0.15, 0.2) is 18.2 Å². The van der Waals surface area contributed by atoms with Gasteiger partial charge in [0.2, 0.25) is 0 Å². The lowest BCUT2D eigenvalue weighted by Crippen LogP contribution is -2.57. The fourth-order valence-electron chi connectivity index (χ4n) is 2.67. The topological polar surface area (TPSA) is 26.7 Å². The van der Waals surface area contributed by atoms with E-state index < -0.39 is 0 Å². The van der Waals surface area contributed by atoms with Gasteiger partial charge in [-0.1, -0.05) is 0 Å². The van der Waals surface area contributed by atoms with E-state index in [4.69, 9.17) is 0 Å². The van der Waals surface area contributed by atoms with Crippen LogP contribution in [0.1, 0.15) is 32.4 Å². The lowest BCUT2D eigenvalue weighted by Gasteiger charge is -2.47. The molecule has 0 spiro atoms. The molecule has 1 heterocycles. The Morgan fingerprint density at radius 1 is 1.32 bits per heavy atom. The summed E-state index contributed by atoms with van der Waals surface area (Å²) in [5, 5.41) is 9.91. The Hall–Kier alpha value is -1.13. The van der Waals surface area contributed by atoms with Crippen LogP contribution >= 0.6 is 0 Å². The first-order valence-electron chi connectivity index (χ1n) is 6.75. The lowest BCUT2D eigenvalue weighted by molar-refractivity contribution is 0.0196. The van der Waals surface area contributed by atoms with E-state index in [1.807, 2.05) is 6.92 Å². The van der Waals surface area contributed by atoms with Gasteiger partial charge >= 0.3 is 0 Å². The maximum atomic E-state index is 13.4. The fraction of sp³-hybridized carbons (Fsp3) is 0.600. The van der Waals surface area contributed by atoms with Gasteiger partial charge in [-0.15, -0.1) is 0 Å². The largest absolute Gasteiger partial charge is 0.508 e. The highest BCUT2D eigenvalue weighted by molar-refractivity contribution is 5.35. The van der Waals surface area contributed by atoms with Crippen molar-refractivity contribution in [1.29, 1.82) is 0 Å². The average Bonchev–Trinajstić information content (AvgIpc) is 2.35. The number of phenolic OH excluding ortho intramolecular Hbond substituents is 1. The Kier molecular flexibility index (Phi) is 3.83. The molecule has 1 aliphatic rings. The van der Waals surface area contributed by atoms with Crippen LogP contribution in [0, 0.1) is 5.82 Å². The van der Waals surface area contributed by atoms with Gasteiger partial charge in [-0.3, -0.25) is 9.80 Å². The van der Waals surface area contributed by atoms with Crippen molar-refractivity contribution in [3.05, 3.63) is 29.6 Å². The third-order valence-electron chi connectivity index (χ3n) is 4.33. The van der Waals surface area contributed by atoms with Gasteiger partial charge in [-0.2, -0.15) is 0 Å². The lowest BCUT2D eigenvalue weighted by atomic mass is 9.96. The second-order valence-corrected chi connectivity index (χ2v) is 6.08. The summed E-state index contributed by atoms with van der Waals surface area (Å²) < 4.78 is 13.4. The second-order valence-electron chi connectivity index (χ2n) is 6.08. The SMILES string of the molecule is CC(c1cc(F)ccc1O)N1CCN(C)C(C)(C)C1. The van der Waals surface area contributed by atoms with Gasteiger partial charge in [0.15, 0.2) is 0 Å². The summed E-state index contributed by atoms with van der Waals surface area (Å²) in [6.45, 7) is 9.25. The molecule has 0 amide bonds. The van der Waals surface area contributed by atoms with Crippen LogP contribution in [-0.2, 0) is 0 Å². The van der Waals surface area contributed by atoms with E-state index in [0.29, 0.717) is 5.56 Å². The number of nitrogens with zero attached hydrogens (tertiary/aromatic N) is 2. The van der Waals surface area contributed by atoms with E-state index in [1.165, 1.54) is 18.2 Å². The van der Waals surface area contributed by atoms with Gasteiger partial charge in [0.05, 0.1) is 0 Å². The van der Waals surface area contributed by atoms with Gasteiger partial charge in [-0.25, -0.2) is 4.39 Å². The molecular weight excluding hydrogens is 243 g/mol. The van der Waals surface area contributed by atoms with Crippen molar-refractivity contribution in [3.8, 4) is 5.75 Å². The molecule has 2 rings (SSSR count). The second kappa shape index (κ2) is 5.10. The Morgan fingerprint density at radius 2 is 2.00 bits per heavy atom. The molecule has 1 saturated heterocycles. The van der Waals surface area contributed by atoms with Crippen LogP contribution in [0.5, 0.6) is 5.75 Å². The van der Waals surface area contributed by atoms with Crippen LogP contribution in [0.4, 0.5) is 4.39 Å². The average molecular weight is 266 g/mol. The summed E-state index contributed by atoms with van der Waals surface area (Å²) in [4.78, 5) is 4.64. The maximum Gasteiger partial charge on any atom is 0.123 e. The summed E-state index contributed by atoms with van der Waals surface area (Å²) >= 11 is 0. The highest BCUT2D eigenvalue weighted by atomic mass is 19.1. The molecule has 3 nitrogen and oxygen atoms in total. The molecule has 1 aromatic carbocycles. The monoisotopic (exact) mass is 266 g/mol. The van der Waals surface area contributed by atoms with E-state index in [9.17, 15) is 9.50 Å². The van der Waals surface area contributed by atoms with Crippen molar-refractivity contribution in [2.45, 2.75) is 32.4 Å². The smallest absolute Gasteiger partial charge is 0.123 e. The normalized spacial score (nSPS) is 22.4. The summed E-state index contributed by atoms with van der Waals surface area (Å²) in [7, 11) is 2.13. The van der Waals surface area contributed by atoms with Crippen molar-refractivity contribution < 1.29 is 9.50 Å². The molecule has 0 aliphatic carbocycles. The number of piperazine rings is 1. The minimum Gasteiger partial charge on any atom is -0.508 e. The molecule has 0 saturated carbocycles. The molecule has 1 N–H and O–H groups in total. The molecule has 1 aromatic rings. The van der Waals surface area contributed by atoms with Gasteiger partial charge in [0.25, 0.3) is 0 Å². The van der Waals surface area contributed by atoms with E-state index in [-0.39, 0.29) is 23.1 Å². The van der Waals surface area contributed by atoms with E-state index >= 15 is 0 Å². The number of aromatic hydroxyl groups is 1. The quantitative estimate of drug-likeness (QED) is 0.891. The molecule has 19 heavy (non-hydrogen) atoms. The molecule has 1 aliphatic heterocycles. The molecular formula is C15H23FN2O. The highest BCUT2D eigenvalue weighted by Crippen LogP contribution is 2.32. The zero-order valence-electron chi connectivity index (χ0n) is 12.2. The van der Waals surface area contributed by atoms with Gasteiger partial charge in [-0.05, 0) is 46.0 Å².